The Bertz CT molecular complexity index is 1210. The molecule has 1 aliphatic rings. The lowest BCUT2D eigenvalue weighted by atomic mass is 10.1. The number of nitrogens with one attached hydrogen (secondary N) is 2. The lowest BCUT2D eigenvalue weighted by Gasteiger charge is -2.03. The zero-order valence-electron chi connectivity index (χ0n) is 16.7. The van der Waals surface area contributed by atoms with Crippen molar-refractivity contribution in [2.45, 2.75) is 10.1 Å². The van der Waals surface area contributed by atoms with Gasteiger partial charge in [0.15, 0.2) is 4.34 Å². The highest BCUT2D eigenvalue weighted by Crippen LogP contribution is 2.29. The van der Waals surface area contributed by atoms with Crippen LogP contribution in [-0.4, -0.2) is 34.4 Å². The van der Waals surface area contributed by atoms with Gasteiger partial charge in [-0.1, -0.05) is 47.4 Å². The zero-order chi connectivity index (χ0) is 22.5. The Kier molecular flexibility index (Phi) is 6.88. The molecule has 8 nitrogen and oxygen atoms in total. The molecule has 32 heavy (non-hydrogen) atoms. The molecule has 0 unspecified atom stereocenters. The van der Waals surface area contributed by atoms with Crippen LogP contribution in [0.5, 0.6) is 5.75 Å². The molecule has 1 aromatic heterocycles. The van der Waals surface area contributed by atoms with Gasteiger partial charge in [0.05, 0.1) is 12.0 Å². The van der Waals surface area contributed by atoms with E-state index in [1.54, 1.807) is 37.5 Å². The number of imide groups is 1. The van der Waals surface area contributed by atoms with Crippen LogP contribution in [0, 0.1) is 0 Å². The van der Waals surface area contributed by atoms with Crippen molar-refractivity contribution in [3.8, 4) is 5.75 Å². The van der Waals surface area contributed by atoms with Crippen LogP contribution >= 0.6 is 34.9 Å². The van der Waals surface area contributed by atoms with Crippen molar-refractivity contribution in [1.82, 2.24) is 15.5 Å². The number of carbonyl (C=O) groups excluding carboxylic acids is 3. The Morgan fingerprint density at radius 3 is 2.72 bits per heavy atom. The standard InChI is InChI=1S/C21H16N4O4S3/c1-29-15-4-2-3-13(9-15)11-30-21-25-24-19(32-21)22-17(26)14-7-5-12(6-8-14)10-16-18(27)23-20(28)31-16/h2-10H,11H2,1H3,(H,22,24,26)(H,23,27,28)/b16-10+. The molecule has 11 heteroatoms. The lowest BCUT2D eigenvalue weighted by Crippen LogP contribution is -2.17. The largest absolute Gasteiger partial charge is 0.497 e. The van der Waals surface area contributed by atoms with Crippen LogP contribution in [0.25, 0.3) is 6.08 Å². The third kappa shape index (κ3) is 5.55. The number of methoxy groups -OCH3 is 1. The summed E-state index contributed by atoms with van der Waals surface area (Å²) in [6, 6.07) is 14.5. The van der Waals surface area contributed by atoms with Crippen LogP contribution in [0.1, 0.15) is 21.5 Å². The number of nitrogens with zero attached hydrogens (tertiary/aromatic N) is 2. The van der Waals surface area contributed by atoms with Gasteiger partial charge in [-0.25, -0.2) is 0 Å². The van der Waals surface area contributed by atoms with E-state index < -0.39 is 11.1 Å². The molecule has 3 amide bonds. The first-order chi connectivity index (χ1) is 15.5. The predicted octanol–water partition coefficient (Wildman–Crippen LogP) is 4.42. The third-order valence-electron chi connectivity index (χ3n) is 4.24. The molecule has 162 valence electrons. The van der Waals surface area contributed by atoms with E-state index in [0.29, 0.717) is 26.9 Å². The number of hydrogen-bond donors (Lipinski definition) is 2. The zero-order valence-corrected chi connectivity index (χ0v) is 19.1. The average Bonchev–Trinajstić information content (AvgIpc) is 3.37. The monoisotopic (exact) mass is 484 g/mol. The van der Waals surface area contributed by atoms with Crippen LogP contribution in [0.2, 0.25) is 0 Å². The maximum Gasteiger partial charge on any atom is 0.290 e. The Labute approximate surface area is 195 Å². The van der Waals surface area contributed by atoms with Gasteiger partial charge >= 0.3 is 0 Å². The minimum Gasteiger partial charge on any atom is -0.497 e. The summed E-state index contributed by atoms with van der Waals surface area (Å²) in [5.41, 5.74) is 2.25. The van der Waals surface area contributed by atoms with Crippen LogP contribution < -0.4 is 15.4 Å². The maximum absolute atomic E-state index is 12.5. The van der Waals surface area contributed by atoms with E-state index in [1.165, 1.54) is 23.1 Å². The number of aromatic nitrogens is 2. The fourth-order valence-electron chi connectivity index (χ4n) is 2.70. The number of benzene rings is 2. The first kappa shape index (κ1) is 22.1. The first-order valence-corrected chi connectivity index (χ1v) is 11.9. The van der Waals surface area contributed by atoms with Gasteiger partial charge in [0, 0.05) is 11.3 Å². The molecule has 2 N–H and O–H groups in total. The van der Waals surface area contributed by atoms with Gasteiger partial charge < -0.3 is 4.74 Å². The van der Waals surface area contributed by atoms with Crippen LogP contribution in [0.4, 0.5) is 9.93 Å². The van der Waals surface area contributed by atoms with Crippen molar-refractivity contribution in [3.63, 3.8) is 0 Å². The number of anilines is 1. The molecular formula is C21H16N4O4S3. The molecule has 2 heterocycles. The van der Waals surface area contributed by atoms with Crippen molar-refractivity contribution < 1.29 is 19.1 Å². The molecule has 1 fully saturated rings. The highest BCUT2D eigenvalue weighted by atomic mass is 32.2. The summed E-state index contributed by atoms with van der Waals surface area (Å²) in [6.45, 7) is 0. The summed E-state index contributed by atoms with van der Waals surface area (Å²) in [5, 5.41) is 13.1. The van der Waals surface area contributed by atoms with Crippen LogP contribution in [0.15, 0.2) is 57.8 Å². The quantitative estimate of drug-likeness (QED) is 0.288. The smallest absolute Gasteiger partial charge is 0.290 e. The van der Waals surface area contributed by atoms with E-state index in [-0.39, 0.29) is 5.91 Å². The number of amides is 3. The summed E-state index contributed by atoms with van der Waals surface area (Å²) >= 11 is 3.67. The number of thioether (sulfide) groups is 2. The van der Waals surface area contributed by atoms with E-state index in [0.717, 1.165) is 27.4 Å². The topological polar surface area (TPSA) is 110 Å². The molecule has 1 aliphatic heterocycles. The van der Waals surface area contributed by atoms with E-state index in [9.17, 15) is 14.4 Å². The van der Waals surface area contributed by atoms with Gasteiger partial charge in [0.2, 0.25) is 5.13 Å². The van der Waals surface area contributed by atoms with E-state index in [1.807, 2.05) is 24.3 Å². The summed E-state index contributed by atoms with van der Waals surface area (Å²) < 4.78 is 5.97. The second-order valence-corrected chi connectivity index (χ2v) is 9.66. The Hall–Kier alpha value is -3.15. The predicted molar refractivity (Wildman–Crippen MR) is 126 cm³/mol. The molecular weight excluding hydrogens is 468 g/mol. The first-order valence-electron chi connectivity index (χ1n) is 9.25. The minimum absolute atomic E-state index is 0.312. The van der Waals surface area contributed by atoms with Crippen LogP contribution in [-0.2, 0) is 10.5 Å². The molecule has 0 bridgehead atoms. The minimum atomic E-state index is -0.418. The Morgan fingerprint density at radius 2 is 2.00 bits per heavy atom. The van der Waals surface area contributed by atoms with Crippen LogP contribution in [0.3, 0.4) is 0 Å². The molecule has 0 aliphatic carbocycles. The summed E-state index contributed by atoms with van der Waals surface area (Å²) in [5.74, 6) is 0.777. The number of rotatable bonds is 7. The molecule has 0 atom stereocenters. The van der Waals surface area contributed by atoms with E-state index in [2.05, 4.69) is 20.8 Å². The third-order valence-corrected chi connectivity index (χ3v) is 7.09. The molecule has 1 saturated heterocycles. The molecule has 0 radical (unpaired) electrons. The van der Waals surface area contributed by atoms with Gasteiger partial charge in [-0.3, -0.25) is 25.0 Å². The van der Waals surface area contributed by atoms with Gasteiger partial charge in [-0.15, -0.1) is 10.2 Å². The summed E-state index contributed by atoms with van der Waals surface area (Å²) in [6.07, 6.45) is 1.60. The summed E-state index contributed by atoms with van der Waals surface area (Å²) in [4.78, 5) is 35.7. The van der Waals surface area contributed by atoms with E-state index in [4.69, 9.17) is 4.74 Å². The molecule has 4 rings (SSSR count). The highest BCUT2D eigenvalue weighted by molar-refractivity contribution is 8.18. The highest BCUT2D eigenvalue weighted by Gasteiger charge is 2.24. The normalized spacial score (nSPS) is 14.5. The van der Waals surface area contributed by atoms with Crippen molar-refractivity contribution >= 4 is 63.1 Å². The van der Waals surface area contributed by atoms with Crippen molar-refractivity contribution in [2.75, 3.05) is 12.4 Å². The number of hydrogen-bond acceptors (Lipinski definition) is 9. The SMILES string of the molecule is COc1cccc(CSc2nnc(NC(=O)c3ccc(/C=C4/SC(=O)NC4=O)cc3)s2)c1. The molecule has 2 aromatic carbocycles. The molecule has 0 spiro atoms. The lowest BCUT2D eigenvalue weighted by molar-refractivity contribution is -0.115. The van der Waals surface area contributed by atoms with Gasteiger partial charge in [-0.05, 0) is 53.2 Å². The van der Waals surface area contributed by atoms with Crippen molar-refractivity contribution in [3.05, 3.63) is 70.1 Å². The van der Waals surface area contributed by atoms with Crippen molar-refractivity contribution in [1.29, 1.82) is 0 Å². The van der Waals surface area contributed by atoms with Crippen molar-refractivity contribution in [2.24, 2.45) is 0 Å². The molecule has 0 saturated carbocycles. The Balaban J connectivity index is 1.34. The average molecular weight is 485 g/mol. The van der Waals surface area contributed by atoms with Gasteiger partial charge in [0.1, 0.15) is 5.75 Å². The Morgan fingerprint density at radius 1 is 1.19 bits per heavy atom. The summed E-state index contributed by atoms with van der Waals surface area (Å²) in [7, 11) is 1.63. The van der Waals surface area contributed by atoms with E-state index >= 15 is 0 Å². The number of ether oxygens (including phenoxy) is 1. The van der Waals surface area contributed by atoms with Gasteiger partial charge in [0.25, 0.3) is 17.1 Å². The maximum atomic E-state index is 12.5. The number of carbonyl (C=O) groups is 3. The fraction of sp³-hybridized carbons (Fsp3) is 0.0952. The molecule has 3 aromatic rings. The van der Waals surface area contributed by atoms with Gasteiger partial charge in [-0.2, -0.15) is 0 Å². The second kappa shape index (κ2) is 9.98. The second-order valence-electron chi connectivity index (χ2n) is 6.44. The fourth-order valence-corrected chi connectivity index (χ4v) is 5.07.